The second kappa shape index (κ2) is 4.79. The highest BCUT2D eigenvalue weighted by Crippen LogP contribution is 2.03. The Balaban J connectivity index is 4.07. The third-order valence-electron chi connectivity index (χ3n) is 1.63. The molecule has 0 aliphatic rings. The lowest BCUT2D eigenvalue weighted by Gasteiger charge is -2.12. The Morgan fingerprint density at radius 1 is 1.50 bits per heavy atom. The van der Waals surface area contributed by atoms with Crippen LogP contribution in [0, 0.1) is 0 Å². The SMILES string of the molecule is CCCC(N)CS(=O)(=O)C(C)O. The van der Waals surface area contributed by atoms with Crippen LogP contribution in [0.2, 0.25) is 0 Å². The molecule has 0 radical (unpaired) electrons. The highest BCUT2D eigenvalue weighted by Gasteiger charge is 2.20. The molecule has 0 saturated carbocycles. The normalized spacial score (nSPS) is 17.3. The Kier molecular flexibility index (Phi) is 4.74. The summed E-state index contributed by atoms with van der Waals surface area (Å²) in [5, 5.41) is 8.85. The molecule has 12 heavy (non-hydrogen) atoms. The van der Waals surface area contributed by atoms with E-state index in [-0.39, 0.29) is 11.8 Å². The van der Waals surface area contributed by atoms with Crippen molar-refractivity contribution in [3.8, 4) is 0 Å². The van der Waals surface area contributed by atoms with Crippen LogP contribution in [-0.2, 0) is 9.84 Å². The molecule has 2 atom stereocenters. The summed E-state index contributed by atoms with van der Waals surface area (Å²) < 4.78 is 22.2. The highest BCUT2D eigenvalue weighted by molar-refractivity contribution is 7.91. The predicted molar refractivity (Wildman–Crippen MR) is 48.4 cm³/mol. The molecule has 0 heterocycles. The second-order valence-electron chi connectivity index (χ2n) is 2.98. The van der Waals surface area contributed by atoms with E-state index in [0.717, 1.165) is 6.42 Å². The van der Waals surface area contributed by atoms with Gasteiger partial charge in [-0.2, -0.15) is 0 Å². The minimum absolute atomic E-state index is 0.126. The predicted octanol–water partition coefficient (Wildman–Crippen LogP) is -0.133. The summed E-state index contributed by atoms with van der Waals surface area (Å²) in [5.74, 6) is -0.126. The lowest BCUT2D eigenvalue weighted by molar-refractivity contribution is 0.268. The molecule has 0 fully saturated rings. The van der Waals surface area contributed by atoms with Crippen molar-refractivity contribution >= 4 is 9.84 Å². The molecule has 0 aliphatic heterocycles. The maximum absolute atomic E-state index is 11.1. The molecule has 5 heteroatoms. The van der Waals surface area contributed by atoms with Crippen LogP contribution >= 0.6 is 0 Å². The van der Waals surface area contributed by atoms with E-state index in [1.54, 1.807) is 0 Å². The van der Waals surface area contributed by atoms with Gasteiger partial charge in [0.2, 0.25) is 0 Å². The zero-order valence-electron chi connectivity index (χ0n) is 7.53. The van der Waals surface area contributed by atoms with Gasteiger partial charge in [-0.15, -0.1) is 0 Å². The molecule has 4 nitrogen and oxygen atoms in total. The summed E-state index contributed by atoms with van der Waals surface area (Å²) in [6, 6.07) is -0.352. The van der Waals surface area contributed by atoms with Crippen molar-refractivity contribution in [2.45, 2.75) is 38.2 Å². The topological polar surface area (TPSA) is 80.4 Å². The minimum Gasteiger partial charge on any atom is -0.377 e. The van der Waals surface area contributed by atoms with E-state index in [1.165, 1.54) is 6.92 Å². The molecule has 2 unspecified atom stereocenters. The van der Waals surface area contributed by atoms with E-state index in [0.29, 0.717) is 6.42 Å². The van der Waals surface area contributed by atoms with Gasteiger partial charge in [0.05, 0.1) is 5.75 Å². The van der Waals surface area contributed by atoms with Crippen molar-refractivity contribution in [2.24, 2.45) is 5.73 Å². The fraction of sp³-hybridized carbons (Fsp3) is 1.00. The Morgan fingerprint density at radius 3 is 2.33 bits per heavy atom. The van der Waals surface area contributed by atoms with E-state index in [2.05, 4.69) is 0 Å². The zero-order valence-corrected chi connectivity index (χ0v) is 8.34. The first-order valence-electron chi connectivity index (χ1n) is 4.05. The van der Waals surface area contributed by atoms with Crippen LogP contribution in [0.3, 0.4) is 0 Å². The number of hydrogen-bond donors (Lipinski definition) is 2. The fourth-order valence-electron chi connectivity index (χ4n) is 0.892. The Bertz CT molecular complexity index is 211. The molecule has 0 bridgehead atoms. The molecule has 0 aromatic heterocycles. The summed E-state index contributed by atoms with van der Waals surface area (Å²) >= 11 is 0. The number of aliphatic hydroxyl groups excluding tert-OH is 1. The van der Waals surface area contributed by atoms with E-state index in [9.17, 15) is 8.42 Å². The van der Waals surface area contributed by atoms with Gasteiger partial charge in [-0.25, -0.2) is 8.42 Å². The molecule has 0 spiro atoms. The third kappa shape index (κ3) is 4.04. The minimum atomic E-state index is -3.39. The number of rotatable bonds is 5. The zero-order chi connectivity index (χ0) is 9.78. The Hall–Kier alpha value is -0.130. The second-order valence-corrected chi connectivity index (χ2v) is 5.32. The van der Waals surface area contributed by atoms with Crippen LogP contribution in [0.15, 0.2) is 0 Å². The first-order valence-corrected chi connectivity index (χ1v) is 5.77. The van der Waals surface area contributed by atoms with E-state index in [1.807, 2.05) is 6.92 Å². The molecule has 3 N–H and O–H groups in total. The van der Waals surface area contributed by atoms with Gasteiger partial charge >= 0.3 is 0 Å². The van der Waals surface area contributed by atoms with E-state index < -0.39 is 15.3 Å². The van der Waals surface area contributed by atoms with Gasteiger partial charge in [0.25, 0.3) is 0 Å². The van der Waals surface area contributed by atoms with Crippen LogP contribution in [0.5, 0.6) is 0 Å². The van der Waals surface area contributed by atoms with Crippen LogP contribution in [0.25, 0.3) is 0 Å². The smallest absolute Gasteiger partial charge is 0.178 e. The van der Waals surface area contributed by atoms with E-state index in [4.69, 9.17) is 10.8 Å². The first-order chi connectivity index (χ1) is 5.40. The van der Waals surface area contributed by atoms with Crippen LogP contribution < -0.4 is 5.73 Å². The average Bonchev–Trinajstić information content (AvgIpc) is 1.85. The van der Waals surface area contributed by atoms with Crippen molar-refractivity contribution < 1.29 is 13.5 Å². The van der Waals surface area contributed by atoms with Crippen molar-refractivity contribution in [1.29, 1.82) is 0 Å². The molecule has 0 aliphatic carbocycles. The van der Waals surface area contributed by atoms with Gasteiger partial charge in [-0.1, -0.05) is 13.3 Å². The maximum Gasteiger partial charge on any atom is 0.178 e. The Labute approximate surface area is 73.7 Å². The van der Waals surface area contributed by atoms with E-state index >= 15 is 0 Å². The third-order valence-corrected chi connectivity index (χ3v) is 3.56. The van der Waals surface area contributed by atoms with Gasteiger partial charge in [0.1, 0.15) is 0 Å². The van der Waals surface area contributed by atoms with Crippen molar-refractivity contribution in [2.75, 3.05) is 5.75 Å². The number of hydrogen-bond acceptors (Lipinski definition) is 4. The monoisotopic (exact) mass is 195 g/mol. The molecule has 0 amide bonds. The maximum atomic E-state index is 11.1. The van der Waals surface area contributed by atoms with Crippen molar-refractivity contribution in [1.82, 2.24) is 0 Å². The summed E-state index contributed by atoms with van der Waals surface area (Å²) in [7, 11) is -3.39. The molecule has 0 saturated heterocycles. The number of sulfone groups is 1. The van der Waals surface area contributed by atoms with Gasteiger partial charge < -0.3 is 10.8 Å². The quantitative estimate of drug-likeness (QED) is 0.640. The summed E-state index contributed by atoms with van der Waals surface area (Å²) in [4.78, 5) is 0. The fourth-order valence-corrected chi connectivity index (χ4v) is 1.93. The molecule has 0 rings (SSSR count). The molecule has 74 valence electrons. The first kappa shape index (κ1) is 11.9. The number of aliphatic hydroxyl groups is 1. The van der Waals surface area contributed by atoms with Gasteiger partial charge in [0, 0.05) is 6.04 Å². The molecular weight excluding hydrogens is 178 g/mol. The van der Waals surface area contributed by atoms with Gasteiger partial charge in [0.15, 0.2) is 15.3 Å². The summed E-state index contributed by atoms with van der Waals surface area (Å²) in [5.41, 5.74) is 4.21. The van der Waals surface area contributed by atoms with Crippen LogP contribution in [0.1, 0.15) is 26.7 Å². The molecule has 0 aromatic rings. The van der Waals surface area contributed by atoms with Crippen LogP contribution in [0.4, 0.5) is 0 Å². The number of nitrogens with two attached hydrogens (primary N) is 1. The van der Waals surface area contributed by atoms with Crippen LogP contribution in [-0.4, -0.2) is 30.8 Å². The lowest BCUT2D eigenvalue weighted by atomic mass is 10.2. The van der Waals surface area contributed by atoms with Gasteiger partial charge in [-0.3, -0.25) is 0 Å². The van der Waals surface area contributed by atoms with Crippen molar-refractivity contribution in [3.05, 3.63) is 0 Å². The van der Waals surface area contributed by atoms with Gasteiger partial charge in [-0.05, 0) is 13.3 Å². The highest BCUT2D eigenvalue weighted by atomic mass is 32.2. The van der Waals surface area contributed by atoms with Crippen molar-refractivity contribution in [3.63, 3.8) is 0 Å². The largest absolute Gasteiger partial charge is 0.377 e. The standard InChI is InChI=1S/C7H17NO3S/c1-3-4-7(8)5-12(10,11)6(2)9/h6-7,9H,3-5,8H2,1-2H3. The summed E-state index contributed by atoms with van der Waals surface area (Å²) in [6.07, 6.45) is 1.53. The Morgan fingerprint density at radius 2 is 2.00 bits per heavy atom. The summed E-state index contributed by atoms with van der Waals surface area (Å²) in [6.45, 7) is 3.18. The molecule has 0 aromatic carbocycles. The average molecular weight is 195 g/mol. The molecular formula is C7H17NO3S. The lowest BCUT2D eigenvalue weighted by Crippen LogP contribution is -2.33.